The number of furan rings is 2. The molecule has 0 fully saturated rings. The zero-order valence-corrected chi connectivity index (χ0v) is 31.3. The molecule has 11 aromatic rings. The fourth-order valence-electron chi connectivity index (χ4n) is 10.4. The predicted octanol–water partition coefficient (Wildman–Crippen LogP) is 15.0. The molecule has 2 heterocycles. The summed E-state index contributed by atoms with van der Waals surface area (Å²) >= 11 is 0. The summed E-state index contributed by atoms with van der Waals surface area (Å²) in [7, 11) is 0. The molecule has 0 N–H and O–H groups in total. The van der Waals surface area contributed by atoms with E-state index in [2.05, 4.69) is 205 Å². The molecule has 3 nitrogen and oxygen atoms in total. The van der Waals surface area contributed by atoms with Crippen LogP contribution in [0.2, 0.25) is 0 Å². The molecule has 9 aromatic carbocycles. The average Bonchev–Trinajstić information content (AvgIpc) is 4.03. The molecule has 0 radical (unpaired) electrons. The number of nitrogens with zero attached hydrogens (tertiary/aromatic N) is 1. The summed E-state index contributed by atoms with van der Waals surface area (Å²) in [5.74, 6) is 0. The van der Waals surface area contributed by atoms with Crippen molar-refractivity contribution in [2.45, 2.75) is 5.41 Å². The Morgan fingerprint density at radius 2 is 0.862 bits per heavy atom. The standard InChI is InChI=1S/C55H33NO2/c1-3-16-34(17-4-1)36-23-13-24-39-40-25-14-30-47(53(40)58-52(36)39)56(35-18-5-2-6-19-35)48-31-15-26-42-51-49(57-54(42)48)33-32-46-50(51)41-22-9-12-29-45(41)55(46)43-27-10-7-20-37(43)38-21-8-11-28-44(38)55/h1-33H. The van der Waals surface area contributed by atoms with E-state index < -0.39 is 5.41 Å². The lowest BCUT2D eigenvalue weighted by Crippen LogP contribution is -2.25. The Hall–Kier alpha value is -7.62. The molecule has 1 spiro atoms. The van der Waals surface area contributed by atoms with Gasteiger partial charge < -0.3 is 13.7 Å². The summed E-state index contributed by atoms with van der Waals surface area (Å²) < 4.78 is 14.1. The number of hydrogen-bond donors (Lipinski definition) is 0. The van der Waals surface area contributed by atoms with Crippen LogP contribution in [-0.2, 0) is 5.41 Å². The minimum atomic E-state index is -0.430. The lowest BCUT2D eigenvalue weighted by atomic mass is 9.70. The summed E-state index contributed by atoms with van der Waals surface area (Å²) in [5, 5.41) is 4.38. The van der Waals surface area contributed by atoms with Gasteiger partial charge in [0.05, 0.1) is 16.8 Å². The van der Waals surface area contributed by atoms with Gasteiger partial charge >= 0.3 is 0 Å². The van der Waals surface area contributed by atoms with Crippen molar-refractivity contribution in [3.05, 3.63) is 222 Å². The van der Waals surface area contributed by atoms with E-state index in [0.717, 1.165) is 72.1 Å². The van der Waals surface area contributed by atoms with E-state index in [4.69, 9.17) is 8.83 Å². The Bertz CT molecular complexity index is 3420. The highest BCUT2D eigenvalue weighted by Gasteiger charge is 2.52. The van der Waals surface area contributed by atoms with Gasteiger partial charge in [-0.1, -0.05) is 170 Å². The van der Waals surface area contributed by atoms with Crippen molar-refractivity contribution in [1.82, 2.24) is 0 Å². The maximum Gasteiger partial charge on any atom is 0.159 e. The topological polar surface area (TPSA) is 29.5 Å². The summed E-state index contributed by atoms with van der Waals surface area (Å²) in [4.78, 5) is 2.30. The van der Waals surface area contributed by atoms with E-state index in [0.29, 0.717) is 0 Å². The van der Waals surface area contributed by atoms with Gasteiger partial charge in [-0.05, 0) is 80.4 Å². The number of fused-ring (bicyclic) bond motifs is 17. The van der Waals surface area contributed by atoms with Crippen LogP contribution in [0.3, 0.4) is 0 Å². The highest BCUT2D eigenvalue weighted by Crippen LogP contribution is 2.64. The molecule has 0 bridgehead atoms. The van der Waals surface area contributed by atoms with Crippen molar-refractivity contribution >= 4 is 60.9 Å². The lowest BCUT2D eigenvalue weighted by Gasteiger charge is -2.30. The van der Waals surface area contributed by atoms with E-state index in [1.165, 1.54) is 44.5 Å². The molecule has 0 aliphatic heterocycles. The first-order valence-corrected chi connectivity index (χ1v) is 19.9. The molecule has 0 saturated heterocycles. The molecule has 58 heavy (non-hydrogen) atoms. The molecule has 2 aromatic heterocycles. The summed E-state index contributed by atoms with van der Waals surface area (Å²) in [6.45, 7) is 0. The van der Waals surface area contributed by atoms with Crippen molar-refractivity contribution in [3.8, 4) is 33.4 Å². The first-order valence-electron chi connectivity index (χ1n) is 19.9. The highest BCUT2D eigenvalue weighted by atomic mass is 16.3. The van der Waals surface area contributed by atoms with Crippen LogP contribution in [0.1, 0.15) is 22.3 Å². The minimum Gasteiger partial charge on any atom is -0.454 e. The third kappa shape index (κ3) is 4.02. The molecule has 0 atom stereocenters. The van der Waals surface area contributed by atoms with Gasteiger partial charge in [0.25, 0.3) is 0 Å². The van der Waals surface area contributed by atoms with Gasteiger partial charge in [-0.15, -0.1) is 0 Å². The van der Waals surface area contributed by atoms with Crippen molar-refractivity contribution < 1.29 is 8.83 Å². The number of hydrogen-bond acceptors (Lipinski definition) is 3. The van der Waals surface area contributed by atoms with Crippen LogP contribution < -0.4 is 4.90 Å². The van der Waals surface area contributed by atoms with Crippen LogP contribution in [-0.4, -0.2) is 0 Å². The largest absolute Gasteiger partial charge is 0.454 e. The third-order valence-corrected chi connectivity index (χ3v) is 12.7. The van der Waals surface area contributed by atoms with E-state index in [-0.39, 0.29) is 0 Å². The van der Waals surface area contributed by atoms with E-state index in [1.807, 2.05) is 0 Å². The molecule has 270 valence electrons. The molecule has 2 aliphatic rings. The average molecular weight is 740 g/mol. The SMILES string of the molecule is c1ccc(-c2cccc3c2oc2c(N(c4ccccc4)c4cccc5c4oc4ccc6c(c45)-c4ccccc4C64c5ccccc5-c5ccccc54)cccc23)cc1. The van der Waals surface area contributed by atoms with E-state index in [9.17, 15) is 0 Å². The van der Waals surface area contributed by atoms with Crippen LogP contribution in [0.15, 0.2) is 209 Å². The van der Waals surface area contributed by atoms with Crippen molar-refractivity contribution in [1.29, 1.82) is 0 Å². The van der Waals surface area contributed by atoms with Crippen molar-refractivity contribution in [2.75, 3.05) is 4.90 Å². The Labute approximate surface area is 334 Å². The molecule has 13 rings (SSSR count). The van der Waals surface area contributed by atoms with Gasteiger partial charge in [-0.25, -0.2) is 0 Å². The Morgan fingerprint density at radius 1 is 0.345 bits per heavy atom. The van der Waals surface area contributed by atoms with Gasteiger partial charge in [0.2, 0.25) is 0 Å². The van der Waals surface area contributed by atoms with Crippen molar-refractivity contribution in [3.63, 3.8) is 0 Å². The maximum absolute atomic E-state index is 7.11. The fourth-order valence-corrected chi connectivity index (χ4v) is 10.4. The molecular weight excluding hydrogens is 707 g/mol. The van der Waals surface area contributed by atoms with Crippen LogP contribution in [0, 0.1) is 0 Å². The van der Waals surface area contributed by atoms with Crippen LogP contribution in [0.25, 0.3) is 77.3 Å². The smallest absolute Gasteiger partial charge is 0.159 e. The van der Waals surface area contributed by atoms with Crippen molar-refractivity contribution in [2.24, 2.45) is 0 Å². The van der Waals surface area contributed by atoms with Crippen LogP contribution in [0.4, 0.5) is 17.1 Å². The van der Waals surface area contributed by atoms with Gasteiger partial charge in [0.15, 0.2) is 11.2 Å². The normalized spacial score (nSPS) is 13.3. The summed E-state index contributed by atoms with van der Waals surface area (Å²) in [5.41, 5.74) is 18.5. The number of rotatable bonds is 4. The third-order valence-electron chi connectivity index (χ3n) is 12.7. The zero-order valence-electron chi connectivity index (χ0n) is 31.3. The number of benzene rings is 9. The molecule has 0 saturated carbocycles. The minimum absolute atomic E-state index is 0.430. The summed E-state index contributed by atoms with van der Waals surface area (Å²) in [6.07, 6.45) is 0. The molecular formula is C55H33NO2. The molecule has 2 aliphatic carbocycles. The fraction of sp³-hybridized carbons (Fsp3) is 0.0182. The Kier molecular flexibility index (Phi) is 6.37. The second-order valence-corrected chi connectivity index (χ2v) is 15.5. The van der Waals surface area contributed by atoms with Gasteiger partial charge in [0.1, 0.15) is 11.2 Å². The van der Waals surface area contributed by atoms with Gasteiger partial charge in [0, 0.05) is 32.8 Å². The predicted molar refractivity (Wildman–Crippen MR) is 237 cm³/mol. The highest BCUT2D eigenvalue weighted by molar-refractivity contribution is 6.20. The number of anilines is 3. The van der Waals surface area contributed by atoms with Gasteiger partial charge in [-0.3, -0.25) is 0 Å². The Balaban J connectivity index is 1.09. The quantitative estimate of drug-likeness (QED) is 0.180. The molecule has 0 unspecified atom stereocenters. The van der Waals surface area contributed by atoms with Gasteiger partial charge in [-0.2, -0.15) is 0 Å². The molecule has 0 amide bonds. The van der Waals surface area contributed by atoms with Crippen LogP contribution in [0.5, 0.6) is 0 Å². The van der Waals surface area contributed by atoms with Crippen LogP contribution >= 0.6 is 0 Å². The summed E-state index contributed by atoms with van der Waals surface area (Å²) in [6, 6.07) is 72.0. The van der Waals surface area contributed by atoms with E-state index in [1.54, 1.807) is 0 Å². The Morgan fingerprint density at radius 3 is 1.55 bits per heavy atom. The lowest BCUT2D eigenvalue weighted by molar-refractivity contribution is 0.666. The second kappa shape index (κ2) is 11.7. The monoisotopic (exact) mass is 739 g/mol. The maximum atomic E-state index is 7.11. The second-order valence-electron chi connectivity index (χ2n) is 15.5. The van der Waals surface area contributed by atoms with E-state index >= 15 is 0 Å². The number of para-hydroxylation sites is 4. The molecule has 3 heteroatoms. The first kappa shape index (κ1) is 31.6. The zero-order chi connectivity index (χ0) is 38.0. The first-order chi connectivity index (χ1) is 28.8.